The maximum Gasteiger partial charge on any atom is 0.303 e. The van der Waals surface area contributed by atoms with Crippen LogP contribution >= 0.6 is 0 Å². The highest BCUT2D eigenvalue weighted by Gasteiger charge is 2.12. The lowest BCUT2D eigenvalue weighted by molar-refractivity contribution is -0.138. The molecule has 0 aromatic rings. The van der Waals surface area contributed by atoms with Crippen molar-refractivity contribution in [3.05, 3.63) is 0 Å². The molecule has 0 unspecified atom stereocenters. The van der Waals surface area contributed by atoms with E-state index in [1.807, 2.05) is 20.8 Å². The summed E-state index contributed by atoms with van der Waals surface area (Å²) in [4.78, 5) is 20.0. The van der Waals surface area contributed by atoms with Crippen LogP contribution in [0.25, 0.3) is 0 Å². The number of carboxylic acids is 2. The molecule has 0 fully saturated rings. The lowest BCUT2D eigenvalue weighted by Crippen LogP contribution is -2.20. The second-order valence-corrected chi connectivity index (χ2v) is 7.56. The van der Waals surface area contributed by atoms with E-state index >= 15 is 0 Å². The van der Waals surface area contributed by atoms with Crippen LogP contribution in [0.4, 0.5) is 0 Å². The Morgan fingerprint density at radius 1 is 0.800 bits per heavy atom. The van der Waals surface area contributed by atoms with Crippen LogP contribution in [-0.4, -0.2) is 32.9 Å². The SMILES string of the molecule is CC(C)CCCC(=O)O.CC(C)CCCC(=O)O.CCC(C)(O)CC. The van der Waals surface area contributed by atoms with E-state index in [1.165, 1.54) is 0 Å². The van der Waals surface area contributed by atoms with E-state index in [2.05, 4.69) is 27.7 Å². The number of carboxylic acid groups (broad SMARTS) is 2. The van der Waals surface area contributed by atoms with Gasteiger partial charge in [-0.25, -0.2) is 0 Å². The Morgan fingerprint density at radius 2 is 1.08 bits per heavy atom. The third-order valence-electron chi connectivity index (χ3n) is 3.87. The first-order chi connectivity index (χ1) is 11.4. The number of rotatable bonds is 10. The third-order valence-corrected chi connectivity index (χ3v) is 3.87. The highest BCUT2D eigenvalue weighted by molar-refractivity contribution is 5.66. The minimum absolute atomic E-state index is 0.318. The normalized spacial score (nSPS) is 10.6. The fraction of sp³-hybridized carbons (Fsp3) is 0.900. The minimum Gasteiger partial charge on any atom is -0.481 e. The van der Waals surface area contributed by atoms with Gasteiger partial charge in [0.2, 0.25) is 0 Å². The topological polar surface area (TPSA) is 94.8 Å². The largest absolute Gasteiger partial charge is 0.481 e. The molecule has 0 heterocycles. The predicted octanol–water partition coefficient (Wildman–Crippen LogP) is 5.35. The number of hydrogen-bond acceptors (Lipinski definition) is 3. The van der Waals surface area contributed by atoms with E-state index in [-0.39, 0.29) is 0 Å². The Labute approximate surface area is 154 Å². The molecule has 0 aliphatic carbocycles. The number of aliphatic carboxylic acids is 2. The van der Waals surface area contributed by atoms with E-state index in [0.717, 1.165) is 38.5 Å². The summed E-state index contributed by atoms with van der Waals surface area (Å²) >= 11 is 0. The van der Waals surface area contributed by atoms with Gasteiger partial charge in [0.05, 0.1) is 5.60 Å². The fourth-order valence-corrected chi connectivity index (χ4v) is 1.57. The Hall–Kier alpha value is -1.10. The zero-order valence-electron chi connectivity index (χ0n) is 17.5. The predicted molar refractivity (Wildman–Crippen MR) is 104 cm³/mol. The van der Waals surface area contributed by atoms with Crippen LogP contribution in [-0.2, 0) is 9.59 Å². The molecule has 3 N–H and O–H groups in total. The summed E-state index contributed by atoms with van der Waals surface area (Å²) in [6, 6.07) is 0. The third kappa shape index (κ3) is 35.0. The van der Waals surface area contributed by atoms with Crippen LogP contribution in [0.15, 0.2) is 0 Å². The van der Waals surface area contributed by atoms with Crippen molar-refractivity contribution in [1.82, 2.24) is 0 Å². The number of aliphatic hydroxyl groups is 1. The zero-order valence-corrected chi connectivity index (χ0v) is 17.5. The number of hydrogen-bond donors (Lipinski definition) is 3. The second-order valence-electron chi connectivity index (χ2n) is 7.56. The van der Waals surface area contributed by atoms with Gasteiger partial charge in [0.25, 0.3) is 0 Å². The molecule has 25 heavy (non-hydrogen) atoms. The van der Waals surface area contributed by atoms with Gasteiger partial charge in [-0.05, 0) is 44.4 Å². The molecule has 0 saturated heterocycles. The van der Waals surface area contributed by atoms with Crippen LogP contribution in [0.2, 0.25) is 0 Å². The molecule has 0 saturated carbocycles. The lowest BCUT2D eigenvalue weighted by atomic mass is 10.0. The van der Waals surface area contributed by atoms with Gasteiger partial charge < -0.3 is 15.3 Å². The van der Waals surface area contributed by atoms with Crippen molar-refractivity contribution < 1.29 is 24.9 Å². The summed E-state index contributed by atoms with van der Waals surface area (Å²) in [5, 5.41) is 25.6. The average molecular weight is 363 g/mol. The fourth-order valence-electron chi connectivity index (χ4n) is 1.57. The standard InChI is InChI=1S/2C7H14O2.C6H14O/c2*1-6(2)4-3-5-7(8)9;1-4-6(3,7)5-2/h2*6H,3-5H2,1-2H3,(H,8,9);7H,4-5H2,1-3H3. The van der Waals surface area contributed by atoms with Gasteiger partial charge in [0.15, 0.2) is 0 Å². The quantitative estimate of drug-likeness (QED) is 0.487. The molecular formula is C20H42O5. The highest BCUT2D eigenvalue weighted by Crippen LogP contribution is 2.11. The highest BCUT2D eigenvalue weighted by atomic mass is 16.4. The molecular weight excluding hydrogens is 320 g/mol. The van der Waals surface area contributed by atoms with Crippen LogP contribution in [0.5, 0.6) is 0 Å². The van der Waals surface area contributed by atoms with Crippen LogP contribution in [0, 0.1) is 11.8 Å². The first-order valence-corrected chi connectivity index (χ1v) is 9.53. The van der Waals surface area contributed by atoms with Crippen LogP contribution in [0.3, 0.4) is 0 Å². The van der Waals surface area contributed by atoms with E-state index in [4.69, 9.17) is 15.3 Å². The molecule has 0 radical (unpaired) electrons. The first-order valence-electron chi connectivity index (χ1n) is 9.53. The minimum atomic E-state index is -0.685. The van der Waals surface area contributed by atoms with Crippen molar-refractivity contribution in [3.63, 3.8) is 0 Å². The van der Waals surface area contributed by atoms with Gasteiger partial charge in [0.1, 0.15) is 0 Å². The Kier molecular flexibility index (Phi) is 20.3. The van der Waals surface area contributed by atoms with E-state index in [9.17, 15) is 9.59 Å². The van der Waals surface area contributed by atoms with Gasteiger partial charge in [-0.15, -0.1) is 0 Å². The molecule has 0 amide bonds. The number of carbonyl (C=O) groups is 2. The van der Waals surface area contributed by atoms with Crippen LogP contribution < -0.4 is 0 Å². The van der Waals surface area contributed by atoms with Crippen molar-refractivity contribution in [3.8, 4) is 0 Å². The van der Waals surface area contributed by atoms with E-state index in [1.54, 1.807) is 0 Å². The molecule has 0 atom stereocenters. The van der Waals surface area contributed by atoms with E-state index < -0.39 is 17.5 Å². The van der Waals surface area contributed by atoms with Crippen molar-refractivity contribution in [2.24, 2.45) is 11.8 Å². The molecule has 5 nitrogen and oxygen atoms in total. The average Bonchev–Trinajstić information content (AvgIpc) is 2.47. The molecule has 0 rings (SSSR count). The van der Waals surface area contributed by atoms with Crippen molar-refractivity contribution in [1.29, 1.82) is 0 Å². The summed E-state index contributed by atoms with van der Waals surface area (Å²) < 4.78 is 0. The molecule has 0 aromatic heterocycles. The maximum absolute atomic E-state index is 9.98. The van der Waals surface area contributed by atoms with Gasteiger partial charge >= 0.3 is 11.9 Å². The van der Waals surface area contributed by atoms with Crippen LogP contribution in [0.1, 0.15) is 99.8 Å². The molecule has 0 aromatic carbocycles. The lowest BCUT2D eigenvalue weighted by Gasteiger charge is -2.17. The van der Waals surface area contributed by atoms with Gasteiger partial charge in [-0.1, -0.05) is 54.4 Å². The molecule has 0 bridgehead atoms. The molecule has 0 spiro atoms. The van der Waals surface area contributed by atoms with Gasteiger partial charge in [-0.3, -0.25) is 9.59 Å². The molecule has 0 aliphatic heterocycles. The Bertz CT molecular complexity index is 292. The zero-order chi connectivity index (χ0) is 20.5. The molecule has 152 valence electrons. The summed E-state index contributed by atoms with van der Waals surface area (Å²) in [6.45, 7) is 14.2. The summed E-state index contributed by atoms with van der Waals surface area (Å²) in [7, 11) is 0. The molecule has 0 aliphatic rings. The monoisotopic (exact) mass is 362 g/mol. The van der Waals surface area contributed by atoms with Crippen molar-refractivity contribution in [2.75, 3.05) is 0 Å². The van der Waals surface area contributed by atoms with E-state index in [0.29, 0.717) is 24.7 Å². The summed E-state index contributed by atoms with van der Waals surface area (Å²) in [5.41, 5.74) is -0.417. The molecule has 5 heteroatoms. The first kappa shape index (κ1) is 28.7. The summed E-state index contributed by atoms with van der Waals surface area (Å²) in [5.74, 6) is -0.111. The smallest absolute Gasteiger partial charge is 0.303 e. The van der Waals surface area contributed by atoms with Gasteiger partial charge in [-0.2, -0.15) is 0 Å². The second kappa shape index (κ2) is 17.7. The summed E-state index contributed by atoms with van der Waals surface area (Å²) in [6.07, 6.45) is 6.00. The Morgan fingerprint density at radius 3 is 1.20 bits per heavy atom. The van der Waals surface area contributed by atoms with Gasteiger partial charge in [0, 0.05) is 12.8 Å². The maximum atomic E-state index is 9.98. The van der Waals surface area contributed by atoms with Crippen molar-refractivity contribution in [2.45, 2.75) is 105 Å². The van der Waals surface area contributed by atoms with Crippen molar-refractivity contribution >= 4 is 11.9 Å². The Balaban J connectivity index is -0.000000293.